The highest BCUT2D eigenvalue weighted by Gasteiger charge is 2.15. The van der Waals surface area contributed by atoms with Gasteiger partial charge in [-0.05, 0) is 17.7 Å². The third kappa shape index (κ3) is 2.64. The molecule has 1 aromatic carbocycles. The lowest BCUT2D eigenvalue weighted by molar-refractivity contribution is -0.132. The number of nitrogens with zero attached hydrogens (tertiary/aromatic N) is 3. The summed E-state index contributed by atoms with van der Waals surface area (Å²) < 4.78 is 0. The lowest BCUT2D eigenvalue weighted by Gasteiger charge is -2.05. The van der Waals surface area contributed by atoms with Gasteiger partial charge in [-0.3, -0.25) is 0 Å². The molecule has 6 nitrogen and oxygen atoms in total. The Morgan fingerprint density at radius 3 is 2.67 bits per heavy atom. The molecule has 0 saturated carbocycles. The van der Waals surface area contributed by atoms with Crippen molar-refractivity contribution in [2.75, 3.05) is 0 Å². The predicted octanol–water partition coefficient (Wildman–Crippen LogP) is 2.00. The number of amidine groups is 1. The number of carboxylic acid groups (broad SMARTS) is 1. The fraction of sp³-hybridized carbons (Fsp3) is 0.0667. The first-order valence-corrected chi connectivity index (χ1v) is 6.30. The van der Waals surface area contributed by atoms with Crippen LogP contribution in [0.5, 0.6) is 0 Å². The van der Waals surface area contributed by atoms with Crippen molar-refractivity contribution in [3.8, 4) is 11.1 Å². The van der Waals surface area contributed by atoms with Crippen LogP contribution in [0.4, 0.5) is 5.69 Å². The van der Waals surface area contributed by atoms with Gasteiger partial charge in [-0.1, -0.05) is 12.1 Å². The lowest BCUT2D eigenvalue weighted by atomic mass is 10.0. The number of hydrogen-bond acceptors (Lipinski definition) is 5. The van der Waals surface area contributed by atoms with Crippen LogP contribution in [0, 0.1) is 0 Å². The first-order chi connectivity index (χ1) is 10.1. The quantitative estimate of drug-likeness (QED) is 0.876. The fourth-order valence-electron chi connectivity index (χ4n) is 2.16. The highest BCUT2D eigenvalue weighted by Crippen LogP contribution is 2.31. The van der Waals surface area contributed by atoms with E-state index in [1.54, 1.807) is 18.5 Å². The van der Waals surface area contributed by atoms with Crippen molar-refractivity contribution in [3.05, 3.63) is 48.1 Å². The van der Waals surface area contributed by atoms with Crippen molar-refractivity contribution in [2.24, 2.45) is 10.7 Å². The summed E-state index contributed by atoms with van der Waals surface area (Å²) in [6.07, 6.45) is 6.61. The number of carbonyl (C=O) groups is 1. The molecule has 6 heteroatoms. The van der Waals surface area contributed by atoms with Gasteiger partial charge in [0.15, 0.2) is 0 Å². The SMILES string of the molecule is NC1=Nc2cc(-c3cncnc3)ccc2C=C(C(=O)O)C1. The molecule has 2 heterocycles. The van der Waals surface area contributed by atoms with Gasteiger partial charge in [-0.15, -0.1) is 0 Å². The molecule has 0 radical (unpaired) electrons. The van der Waals surface area contributed by atoms with Crippen LogP contribution in [0.1, 0.15) is 12.0 Å². The van der Waals surface area contributed by atoms with E-state index in [0.717, 1.165) is 16.7 Å². The maximum atomic E-state index is 11.2. The number of rotatable bonds is 2. The number of aliphatic imine (C=N–C) groups is 1. The molecule has 0 saturated heterocycles. The molecule has 0 amide bonds. The van der Waals surface area contributed by atoms with Gasteiger partial charge in [-0.2, -0.15) is 0 Å². The Bertz CT molecular complexity index is 766. The van der Waals surface area contributed by atoms with Crippen LogP contribution in [0.3, 0.4) is 0 Å². The zero-order valence-electron chi connectivity index (χ0n) is 11.0. The number of nitrogens with two attached hydrogens (primary N) is 1. The molecule has 1 aliphatic heterocycles. The van der Waals surface area contributed by atoms with Gasteiger partial charge >= 0.3 is 5.97 Å². The molecule has 1 aliphatic rings. The van der Waals surface area contributed by atoms with Crippen LogP contribution in [0.15, 0.2) is 47.5 Å². The third-order valence-electron chi connectivity index (χ3n) is 3.16. The van der Waals surface area contributed by atoms with Gasteiger partial charge in [0.25, 0.3) is 0 Å². The summed E-state index contributed by atoms with van der Waals surface area (Å²) >= 11 is 0. The molecular formula is C15H12N4O2. The average molecular weight is 280 g/mol. The lowest BCUT2D eigenvalue weighted by Crippen LogP contribution is -2.14. The van der Waals surface area contributed by atoms with Crippen molar-refractivity contribution in [2.45, 2.75) is 6.42 Å². The Morgan fingerprint density at radius 2 is 1.95 bits per heavy atom. The molecule has 0 atom stereocenters. The summed E-state index contributed by atoms with van der Waals surface area (Å²) in [4.78, 5) is 23.4. The largest absolute Gasteiger partial charge is 0.478 e. The van der Waals surface area contributed by atoms with Crippen LogP contribution in [-0.2, 0) is 4.79 Å². The molecule has 0 fully saturated rings. The van der Waals surface area contributed by atoms with Crippen LogP contribution >= 0.6 is 0 Å². The first-order valence-electron chi connectivity index (χ1n) is 6.30. The molecule has 0 bridgehead atoms. The zero-order chi connectivity index (χ0) is 14.8. The molecule has 0 aliphatic carbocycles. The summed E-state index contributed by atoms with van der Waals surface area (Å²) in [6.45, 7) is 0. The maximum absolute atomic E-state index is 11.2. The second-order valence-corrected chi connectivity index (χ2v) is 4.66. The number of fused-ring (bicyclic) bond motifs is 1. The van der Waals surface area contributed by atoms with E-state index in [0.29, 0.717) is 5.69 Å². The van der Waals surface area contributed by atoms with E-state index in [2.05, 4.69) is 15.0 Å². The van der Waals surface area contributed by atoms with Crippen molar-refractivity contribution in [1.82, 2.24) is 9.97 Å². The van der Waals surface area contributed by atoms with Gasteiger partial charge in [0.2, 0.25) is 0 Å². The smallest absolute Gasteiger partial charge is 0.332 e. The molecule has 2 aromatic rings. The monoisotopic (exact) mass is 280 g/mol. The van der Waals surface area contributed by atoms with Gasteiger partial charge in [0.1, 0.15) is 12.2 Å². The van der Waals surface area contributed by atoms with Gasteiger partial charge in [0, 0.05) is 35.5 Å². The van der Waals surface area contributed by atoms with Crippen molar-refractivity contribution >= 4 is 23.6 Å². The van der Waals surface area contributed by atoms with Crippen molar-refractivity contribution in [3.63, 3.8) is 0 Å². The zero-order valence-corrected chi connectivity index (χ0v) is 11.0. The van der Waals surface area contributed by atoms with Crippen molar-refractivity contribution in [1.29, 1.82) is 0 Å². The van der Waals surface area contributed by atoms with E-state index >= 15 is 0 Å². The third-order valence-corrected chi connectivity index (χ3v) is 3.16. The van der Waals surface area contributed by atoms with E-state index in [1.165, 1.54) is 6.33 Å². The molecule has 1 aromatic heterocycles. The summed E-state index contributed by atoms with van der Waals surface area (Å²) in [5.74, 6) is -0.703. The molecule has 0 spiro atoms. The number of aliphatic carboxylic acids is 1. The number of aromatic nitrogens is 2. The van der Waals surface area contributed by atoms with E-state index in [-0.39, 0.29) is 17.8 Å². The average Bonchev–Trinajstić information content (AvgIpc) is 2.65. The summed E-state index contributed by atoms with van der Waals surface area (Å²) in [6, 6.07) is 5.55. The Labute approximate surface area is 120 Å². The van der Waals surface area contributed by atoms with Crippen LogP contribution in [0.2, 0.25) is 0 Å². The molecule has 21 heavy (non-hydrogen) atoms. The van der Waals surface area contributed by atoms with E-state index in [9.17, 15) is 4.79 Å². The van der Waals surface area contributed by atoms with Gasteiger partial charge < -0.3 is 10.8 Å². The van der Waals surface area contributed by atoms with E-state index in [1.807, 2.05) is 18.2 Å². The number of hydrogen-bond donors (Lipinski definition) is 2. The minimum atomic E-state index is -0.985. The minimum Gasteiger partial charge on any atom is -0.478 e. The van der Waals surface area contributed by atoms with Crippen LogP contribution in [-0.4, -0.2) is 26.9 Å². The molecule has 3 rings (SSSR count). The standard InChI is InChI=1S/C15H12N4O2/c16-14-5-11(15(20)21)3-10-2-1-9(4-13(10)19-14)12-6-17-8-18-7-12/h1-4,6-8H,5H2,(H2,16,19)(H,20,21). The second kappa shape index (κ2) is 5.16. The normalized spacial score (nSPS) is 13.7. The Morgan fingerprint density at radius 1 is 1.19 bits per heavy atom. The van der Waals surface area contributed by atoms with Crippen LogP contribution in [0.25, 0.3) is 17.2 Å². The summed E-state index contributed by atoms with van der Waals surface area (Å²) in [5, 5.41) is 9.14. The fourth-order valence-corrected chi connectivity index (χ4v) is 2.16. The van der Waals surface area contributed by atoms with E-state index < -0.39 is 5.97 Å². The number of benzene rings is 1. The van der Waals surface area contributed by atoms with Crippen molar-refractivity contribution < 1.29 is 9.90 Å². The summed E-state index contributed by atoms with van der Waals surface area (Å²) in [5.41, 5.74) is 9.15. The predicted molar refractivity (Wildman–Crippen MR) is 79.0 cm³/mol. The maximum Gasteiger partial charge on any atom is 0.332 e. The summed E-state index contributed by atoms with van der Waals surface area (Å²) in [7, 11) is 0. The van der Waals surface area contributed by atoms with Gasteiger partial charge in [-0.25, -0.2) is 19.8 Å². The van der Waals surface area contributed by atoms with Crippen LogP contribution < -0.4 is 5.73 Å². The molecular weight excluding hydrogens is 268 g/mol. The molecule has 104 valence electrons. The highest BCUT2D eigenvalue weighted by atomic mass is 16.4. The Balaban J connectivity index is 2.11. The minimum absolute atomic E-state index is 0.133. The Hall–Kier alpha value is -3.02. The second-order valence-electron chi connectivity index (χ2n) is 4.66. The Kier molecular flexibility index (Phi) is 3.19. The highest BCUT2D eigenvalue weighted by molar-refractivity contribution is 6.02. The van der Waals surface area contributed by atoms with E-state index in [4.69, 9.17) is 10.8 Å². The van der Waals surface area contributed by atoms with Gasteiger partial charge in [0.05, 0.1) is 5.69 Å². The molecule has 0 unspecified atom stereocenters. The number of carboxylic acids is 1. The molecule has 3 N–H and O–H groups in total. The topological polar surface area (TPSA) is 101 Å². The first kappa shape index (κ1) is 13.0.